The van der Waals surface area contributed by atoms with Gasteiger partial charge in [-0.25, -0.2) is 0 Å². The Labute approximate surface area is 149 Å². The molecule has 1 heterocycles. The van der Waals surface area contributed by atoms with Crippen LogP contribution in [0.3, 0.4) is 0 Å². The van der Waals surface area contributed by atoms with E-state index in [9.17, 15) is 9.90 Å². The molecule has 1 aromatic carbocycles. The summed E-state index contributed by atoms with van der Waals surface area (Å²) in [6, 6.07) is 2.77. The summed E-state index contributed by atoms with van der Waals surface area (Å²) < 4.78 is 5.57. The molecule has 0 aromatic heterocycles. The molecule has 1 N–H and O–H groups in total. The molecule has 0 unspecified atom stereocenters. The van der Waals surface area contributed by atoms with Crippen LogP contribution in [0.1, 0.15) is 30.1 Å². The van der Waals surface area contributed by atoms with Gasteiger partial charge in [-0.15, -0.1) is 0 Å². The summed E-state index contributed by atoms with van der Waals surface area (Å²) in [4.78, 5) is 14.1. The number of phenols is 1. The third-order valence-electron chi connectivity index (χ3n) is 3.87. The molecule has 0 radical (unpaired) electrons. The summed E-state index contributed by atoms with van der Waals surface area (Å²) >= 11 is 11.8. The number of rotatable bonds is 2. The normalized spacial score (nSPS) is 17.0. The highest BCUT2D eigenvalue weighted by molar-refractivity contribution is 6.37. The predicted molar refractivity (Wildman–Crippen MR) is 93.7 cm³/mol. The highest BCUT2D eigenvalue weighted by Gasteiger charge is 2.21. The van der Waals surface area contributed by atoms with Gasteiger partial charge in [0.25, 0.3) is 5.91 Å². The van der Waals surface area contributed by atoms with Crippen molar-refractivity contribution in [3.8, 4) is 5.75 Å². The van der Waals surface area contributed by atoms with Gasteiger partial charge in [0.05, 0.1) is 16.2 Å². The first-order valence-electron chi connectivity index (χ1n) is 7.40. The predicted octanol–water partition coefficient (Wildman–Crippen LogP) is 5.15. The maximum absolute atomic E-state index is 12.7. The van der Waals surface area contributed by atoms with E-state index in [1.807, 2.05) is 13.0 Å². The van der Waals surface area contributed by atoms with Crippen molar-refractivity contribution in [3.05, 3.63) is 75.5 Å². The maximum atomic E-state index is 12.7. The monoisotopic (exact) mass is 363 g/mol. The first kappa shape index (κ1) is 16.7. The molecule has 0 spiro atoms. The Kier molecular flexibility index (Phi) is 4.69. The van der Waals surface area contributed by atoms with Crippen LogP contribution >= 0.6 is 23.2 Å². The summed E-state index contributed by atoms with van der Waals surface area (Å²) in [6.07, 6.45) is 10.6. The van der Waals surface area contributed by atoms with E-state index in [0.29, 0.717) is 5.76 Å². The van der Waals surface area contributed by atoms with Crippen molar-refractivity contribution in [2.45, 2.75) is 19.8 Å². The van der Waals surface area contributed by atoms with E-state index >= 15 is 0 Å². The fraction of sp³-hybridized carbons (Fsp3) is 0.167. The van der Waals surface area contributed by atoms with Gasteiger partial charge < -0.3 is 9.84 Å². The van der Waals surface area contributed by atoms with E-state index in [1.165, 1.54) is 29.5 Å². The molecular weight excluding hydrogens is 349 g/mol. The fourth-order valence-electron chi connectivity index (χ4n) is 2.59. The second-order valence-corrected chi connectivity index (χ2v) is 6.31. The SMILES string of the molecule is CC1=C(C2=CN(C(=O)c3cc(Cl)c(O)c(Cl)c3)C=CO2)CCC=C1. The first-order chi connectivity index (χ1) is 11.5. The number of hydrogen-bond donors (Lipinski definition) is 1. The zero-order valence-corrected chi connectivity index (χ0v) is 14.4. The van der Waals surface area contributed by atoms with Crippen molar-refractivity contribution in [1.29, 1.82) is 0 Å². The highest BCUT2D eigenvalue weighted by atomic mass is 35.5. The number of benzene rings is 1. The number of hydrogen-bond acceptors (Lipinski definition) is 3. The second kappa shape index (κ2) is 6.75. The van der Waals surface area contributed by atoms with Crippen LogP contribution in [0, 0.1) is 0 Å². The van der Waals surface area contributed by atoms with Crippen molar-refractivity contribution in [2.75, 3.05) is 0 Å². The van der Waals surface area contributed by atoms with E-state index in [-0.39, 0.29) is 27.3 Å². The Morgan fingerprint density at radius 2 is 2.00 bits per heavy atom. The second-order valence-electron chi connectivity index (χ2n) is 5.50. The number of ether oxygens (including phenoxy) is 1. The molecular formula is C18H15Cl2NO3. The topological polar surface area (TPSA) is 49.8 Å². The number of aromatic hydroxyl groups is 1. The van der Waals surface area contributed by atoms with Gasteiger partial charge in [0, 0.05) is 11.8 Å². The summed E-state index contributed by atoms with van der Waals surface area (Å²) in [5.41, 5.74) is 2.46. The van der Waals surface area contributed by atoms with Gasteiger partial charge in [-0.05, 0) is 43.0 Å². The zero-order chi connectivity index (χ0) is 17.3. The molecule has 6 heteroatoms. The Morgan fingerprint density at radius 1 is 1.29 bits per heavy atom. The molecule has 24 heavy (non-hydrogen) atoms. The molecule has 1 aliphatic carbocycles. The molecule has 4 nitrogen and oxygen atoms in total. The smallest absolute Gasteiger partial charge is 0.262 e. The molecule has 1 amide bonds. The lowest BCUT2D eigenvalue weighted by atomic mass is 9.97. The maximum Gasteiger partial charge on any atom is 0.262 e. The molecule has 0 fully saturated rings. The summed E-state index contributed by atoms with van der Waals surface area (Å²) in [6.45, 7) is 2.01. The van der Waals surface area contributed by atoms with Crippen LogP contribution in [-0.2, 0) is 4.74 Å². The average molecular weight is 364 g/mol. The van der Waals surface area contributed by atoms with Crippen molar-refractivity contribution < 1.29 is 14.6 Å². The van der Waals surface area contributed by atoms with Crippen LogP contribution in [0.2, 0.25) is 10.0 Å². The highest BCUT2D eigenvalue weighted by Crippen LogP contribution is 2.34. The summed E-state index contributed by atoms with van der Waals surface area (Å²) in [5, 5.41) is 9.68. The molecule has 2 aliphatic rings. The van der Waals surface area contributed by atoms with Crippen molar-refractivity contribution in [2.24, 2.45) is 0 Å². The summed E-state index contributed by atoms with van der Waals surface area (Å²) in [5.74, 6) is 0.0857. The zero-order valence-electron chi connectivity index (χ0n) is 12.9. The van der Waals surface area contributed by atoms with Gasteiger partial charge in [-0.2, -0.15) is 0 Å². The Bertz CT molecular complexity index is 799. The molecule has 1 aliphatic heterocycles. The number of nitrogens with zero attached hydrogens (tertiary/aromatic N) is 1. The Hall–Kier alpha value is -2.17. The lowest BCUT2D eigenvalue weighted by molar-refractivity contribution is 0.0855. The number of amides is 1. The minimum absolute atomic E-state index is 0.0308. The largest absolute Gasteiger partial charge is 0.505 e. The third-order valence-corrected chi connectivity index (χ3v) is 4.45. The first-order valence-corrected chi connectivity index (χ1v) is 8.15. The number of carbonyl (C=O) groups excluding carboxylic acids is 1. The minimum atomic E-state index is -0.319. The van der Waals surface area contributed by atoms with Gasteiger partial charge in [-0.1, -0.05) is 35.4 Å². The van der Waals surface area contributed by atoms with E-state index < -0.39 is 0 Å². The van der Waals surface area contributed by atoms with E-state index in [4.69, 9.17) is 27.9 Å². The number of allylic oxidation sites excluding steroid dienone is 4. The van der Waals surface area contributed by atoms with Crippen LogP contribution in [-0.4, -0.2) is 15.9 Å². The number of halogens is 2. The van der Waals surface area contributed by atoms with Crippen LogP contribution in [0.25, 0.3) is 0 Å². The lowest BCUT2D eigenvalue weighted by Crippen LogP contribution is -2.23. The number of carbonyl (C=O) groups is 1. The van der Waals surface area contributed by atoms with Crippen molar-refractivity contribution in [1.82, 2.24) is 4.90 Å². The van der Waals surface area contributed by atoms with Gasteiger partial charge in [0.2, 0.25) is 0 Å². The van der Waals surface area contributed by atoms with E-state index in [2.05, 4.69) is 6.08 Å². The van der Waals surface area contributed by atoms with Gasteiger partial charge in [0.1, 0.15) is 12.0 Å². The molecule has 0 saturated heterocycles. The van der Waals surface area contributed by atoms with Crippen molar-refractivity contribution >= 4 is 29.1 Å². The lowest BCUT2D eigenvalue weighted by Gasteiger charge is -2.23. The van der Waals surface area contributed by atoms with Crippen LogP contribution in [0.4, 0.5) is 0 Å². The van der Waals surface area contributed by atoms with Crippen molar-refractivity contribution in [3.63, 3.8) is 0 Å². The average Bonchev–Trinajstić information content (AvgIpc) is 2.59. The standard InChI is InChI=1S/C18H15Cl2NO3/c1-11-4-2-3-5-13(11)16-10-21(6-7-24-16)18(23)12-8-14(19)17(22)15(20)9-12/h2,4,6-10,22H,3,5H2,1H3. The van der Waals surface area contributed by atoms with E-state index in [0.717, 1.165) is 24.0 Å². The Morgan fingerprint density at radius 3 is 2.67 bits per heavy atom. The molecule has 0 bridgehead atoms. The Balaban J connectivity index is 1.92. The molecule has 124 valence electrons. The fourth-order valence-corrected chi connectivity index (χ4v) is 3.07. The number of phenolic OH excluding ortho intramolecular Hbond substituents is 1. The molecule has 1 aromatic rings. The van der Waals surface area contributed by atoms with Crippen LogP contribution in [0.5, 0.6) is 5.75 Å². The summed E-state index contributed by atoms with van der Waals surface area (Å²) in [7, 11) is 0. The van der Waals surface area contributed by atoms with Crippen LogP contribution < -0.4 is 0 Å². The third kappa shape index (κ3) is 3.21. The quantitative estimate of drug-likeness (QED) is 0.790. The van der Waals surface area contributed by atoms with Gasteiger partial charge in [-0.3, -0.25) is 9.69 Å². The minimum Gasteiger partial charge on any atom is -0.505 e. The van der Waals surface area contributed by atoms with Crippen LogP contribution in [0.15, 0.2) is 59.9 Å². The van der Waals surface area contributed by atoms with E-state index in [1.54, 1.807) is 6.20 Å². The molecule has 0 atom stereocenters. The molecule has 0 saturated carbocycles. The van der Waals surface area contributed by atoms with Gasteiger partial charge in [0.15, 0.2) is 5.75 Å². The van der Waals surface area contributed by atoms with Gasteiger partial charge >= 0.3 is 0 Å². The molecule has 3 rings (SSSR count).